The largest absolute Gasteiger partial charge is 0.501 e. The van der Waals surface area contributed by atoms with Crippen molar-refractivity contribution in [1.29, 1.82) is 0 Å². The first-order valence-corrected chi connectivity index (χ1v) is 19.2. The Labute approximate surface area is 327 Å². The number of thiazole rings is 1. The van der Waals surface area contributed by atoms with Gasteiger partial charge in [-0.1, -0.05) is 102 Å². The van der Waals surface area contributed by atoms with Gasteiger partial charge < -0.3 is 30.6 Å². The molecule has 282 valence electrons. The van der Waals surface area contributed by atoms with Crippen LogP contribution in [0.5, 0.6) is 0 Å². The highest BCUT2D eigenvalue weighted by Crippen LogP contribution is 2.40. The van der Waals surface area contributed by atoms with E-state index in [0.717, 1.165) is 28.5 Å². The number of anilines is 1. The number of aromatic nitrogens is 2. The topological polar surface area (TPSA) is 164 Å². The molecule has 0 spiro atoms. The number of amides is 2. The molecule has 3 heterocycles. The molecule has 12 nitrogen and oxygen atoms in total. The van der Waals surface area contributed by atoms with Crippen LogP contribution in [-0.4, -0.2) is 69.1 Å². The molecule has 0 radical (unpaired) electrons. The third kappa shape index (κ3) is 8.88. The molecule has 0 bridgehead atoms. The van der Waals surface area contributed by atoms with Crippen LogP contribution in [0.15, 0.2) is 132 Å². The van der Waals surface area contributed by atoms with Gasteiger partial charge in [-0.25, -0.2) is 9.78 Å². The normalized spacial score (nSPS) is 16.2. The molecule has 2 unspecified atom stereocenters. The van der Waals surface area contributed by atoms with E-state index >= 15 is 0 Å². The molecular weight excluding hydrogens is 737 g/mol. The minimum Gasteiger partial charge on any atom is -0.501 e. The van der Waals surface area contributed by atoms with E-state index in [9.17, 15) is 19.5 Å². The second-order valence-corrected chi connectivity index (χ2v) is 15.3. The molecule has 1 fully saturated rings. The summed E-state index contributed by atoms with van der Waals surface area (Å²) < 4.78 is 5.38. The van der Waals surface area contributed by atoms with E-state index < -0.39 is 46.8 Å². The number of aliphatic hydroxyl groups excluding tert-OH is 1. The van der Waals surface area contributed by atoms with Gasteiger partial charge in [-0.2, -0.15) is 0 Å². The number of rotatable bonds is 14. The van der Waals surface area contributed by atoms with Crippen LogP contribution < -0.4 is 16.0 Å². The van der Waals surface area contributed by atoms with Crippen molar-refractivity contribution in [2.24, 2.45) is 5.16 Å². The number of carbonyl (C=O) groups is 3. The maximum atomic E-state index is 13.8. The Kier molecular flexibility index (Phi) is 12.0. The predicted molar refractivity (Wildman–Crippen MR) is 214 cm³/mol. The fraction of sp³-hybridized carbons (Fsp3) is 0.220. The van der Waals surface area contributed by atoms with Crippen LogP contribution in [-0.2, 0) is 29.5 Å². The summed E-state index contributed by atoms with van der Waals surface area (Å²) in [6.07, 6.45) is 1.54. The molecule has 5 aromatic rings. The third-order valence-corrected chi connectivity index (χ3v) is 10.4. The van der Waals surface area contributed by atoms with E-state index in [1.54, 1.807) is 44.4 Å². The lowest BCUT2D eigenvalue weighted by molar-refractivity contribution is -0.152. The number of pyridine rings is 1. The van der Waals surface area contributed by atoms with Crippen LogP contribution in [0.25, 0.3) is 4.91 Å². The molecule has 3 aromatic carbocycles. The number of hydrogen-bond acceptors (Lipinski definition) is 12. The summed E-state index contributed by atoms with van der Waals surface area (Å²) in [7, 11) is 1.32. The van der Waals surface area contributed by atoms with Crippen LogP contribution >= 0.6 is 23.1 Å². The number of nitrogens with zero attached hydrogens (tertiary/aromatic N) is 3. The van der Waals surface area contributed by atoms with Gasteiger partial charge in [-0.3, -0.25) is 14.6 Å². The van der Waals surface area contributed by atoms with Gasteiger partial charge >= 0.3 is 5.97 Å². The van der Waals surface area contributed by atoms with E-state index in [-0.39, 0.29) is 22.1 Å². The molecule has 6 rings (SSSR count). The van der Waals surface area contributed by atoms with Gasteiger partial charge in [0, 0.05) is 17.3 Å². The van der Waals surface area contributed by atoms with Crippen molar-refractivity contribution in [1.82, 2.24) is 20.6 Å². The minimum absolute atomic E-state index is 0.126. The van der Waals surface area contributed by atoms with Gasteiger partial charge in [0.2, 0.25) is 11.7 Å². The highest BCUT2D eigenvalue weighted by atomic mass is 32.2. The molecule has 0 saturated carbocycles. The zero-order valence-electron chi connectivity index (χ0n) is 30.6. The van der Waals surface area contributed by atoms with Crippen molar-refractivity contribution in [2.45, 2.75) is 44.0 Å². The number of oxime groups is 1. The van der Waals surface area contributed by atoms with Crippen molar-refractivity contribution in [2.75, 3.05) is 18.2 Å². The SMILES string of the molecule is CON=C(C(=O)NC1C(=O)NC1CSC(=C(O)C(=O)OC(C)(C)C)c1ccccn1)c1csc(NC(c2ccccc2)(c2ccccc2)c2ccccc2)n1. The number of hydrogen-bond donors (Lipinski definition) is 4. The highest BCUT2D eigenvalue weighted by molar-refractivity contribution is 8.08. The lowest BCUT2D eigenvalue weighted by atomic mass is 9.77. The summed E-state index contributed by atoms with van der Waals surface area (Å²) in [4.78, 5) is 53.7. The molecule has 2 amide bonds. The Hall–Kier alpha value is -5.99. The van der Waals surface area contributed by atoms with Crippen LogP contribution in [0.2, 0.25) is 0 Å². The zero-order chi connectivity index (χ0) is 39.0. The number of carbonyl (C=O) groups excluding carboxylic acids is 3. The van der Waals surface area contributed by atoms with Gasteiger partial charge in [-0.05, 0) is 49.6 Å². The fourth-order valence-electron chi connectivity index (χ4n) is 5.99. The van der Waals surface area contributed by atoms with Crippen molar-refractivity contribution in [3.63, 3.8) is 0 Å². The second kappa shape index (κ2) is 17.0. The average Bonchev–Trinajstić information content (AvgIpc) is 3.66. The van der Waals surface area contributed by atoms with Crippen LogP contribution in [0, 0.1) is 0 Å². The summed E-state index contributed by atoms with van der Waals surface area (Å²) in [5.74, 6) is -2.42. The second-order valence-electron chi connectivity index (χ2n) is 13.4. The quantitative estimate of drug-likeness (QED) is 0.0192. The number of β-lactam (4-membered cyclic amide) rings is 1. The lowest BCUT2D eigenvalue weighted by Gasteiger charge is -2.37. The Bertz CT molecular complexity index is 2080. The number of aliphatic hydroxyl groups is 1. The molecule has 2 atom stereocenters. The fourth-order valence-corrected chi connectivity index (χ4v) is 7.85. The van der Waals surface area contributed by atoms with Gasteiger partial charge in [0.05, 0.1) is 16.6 Å². The molecular formula is C41H40N6O6S2. The number of ether oxygens (including phenoxy) is 1. The number of nitrogens with one attached hydrogen (secondary N) is 3. The van der Waals surface area contributed by atoms with Crippen molar-refractivity contribution < 1.29 is 29.1 Å². The summed E-state index contributed by atoms with van der Waals surface area (Å²) in [5.41, 5.74) is 1.71. The summed E-state index contributed by atoms with van der Waals surface area (Å²) >= 11 is 2.39. The van der Waals surface area contributed by atoms with Gasteiger partial charge in [-0.15, -0.1) is 23.1 Å². The zero-order valence-corrected chi connectivity index (χ0v) is 32.2. The van der Waals surface area contributed by atoms with Crippen LogP contribution in [0.3, 0.4) is 0 Å². The van der Waals surface area contributed by atoms with Crippen LogP contribution in [0.1, 0.15) is 48.8 Å². The Morgan fingerprint density at radius 3 is 1.98 bits per heavy atom. The third-order valence-electron chi connectivity index (χ3n) is 8.47. The number of benzene rings is 3. The number of esters is 1. The first kappa shape index (κ1) is 38.7. The summed E-state index contributed by atoms with van der Waals surface area (Å²) in [5, 5.41) is 26.4. The molecule has 55 heavy (non-hydrogen) atoms. The summed E-state index contributed by atoms with van der Waals surface area (Å²) in [6, 6.07) is 33.7. The van der Waals surface area contributed by atoms with Gasteiger partial charge in [0.25, 0.3) is 5.91 Å². The standard InChI is InChI=1S/C41H40N6O6S2/c1-40(2,3)53-38(51)34(48)35(29-22-14-15-23-42-29)54-24-30-32(36(49)43-30)45-37(50)33(47-52-4)31-25-55-39(44-31)46-41(26-16-8-5-9-17-26,27-18-10-6-11-19-27)28-20-12-7-13-21-28/h5-23,25,30,32,48H,24H2,1-4H3,(H,43,49)(H,44,46)(H,45,50). The molecule has 1 aliphatic heterocycles. The molecule has 4 N–H and O–H groups in total. The highest BCUT2D eigenvalue weighted by Gasteiger charge is 2.42. The molecule has 0 aliphatic carbocycles. The molecule has 1 aliphatic rings. The van der Waals surface area contributed by atoms with E-state index in [0.29, 0.717) is 10.8 Å². The first-order chi connectivity index (χ1) is 26.5. The van der Waals surface area contributed by atoms with Crippen molar-refractivity contribution in [3.05, 3.63) is 155 Å². The lowest BCUT2D eigenvalue weighted by Crippen LogP contribution is -2.70. The van der Waals surface area contributed by atoms with Gasteiger partial charge in [0.15, 0.2) is 10.8 Å². The van der Waals surface area contributed by atoms with Crippen molar-refractivity contribution >= 4 is 56.6 Å². The van der Waals surface area contributed by atoms with E-state index in [4.69, 9.17) is 14.6 Å². The van der Waals surface area contributed by atoms with E-state index in [1.165, 1.54) is 24.6 Å². The van der Waals surface area contributed by atoms with Gasteiger partial charge in [0.1, 0.15) is 30.0 Å². The van der Waals surface area contributed by atoms with E-state index in [2.05, 4.69) is 62.5 Å². The predicted octanol–water partition coefficient (Wildman–Crippen LogP) is 6.28. The Morgan fingerprint density at radius 1 is 0.891 bits per heavy atom. The number of thioether (sulfide) groups is 1. The smallest absolute Gasteiger partial charge is 0.375 e. The minimum atomic E-state index is -0.950. The maximum absolute atomic E-state index is 13.8. The Balaban J connectivity index is 1.23. The van der Waals surface area contributed by atoms with E-state index in [1.807, 2.05) is 54.6 Å². The van der Waals surface area contributed by atoms with Crippen LogP contribution in [0.4, 0.5) is 5.13 Å². The average molecular weight is 777 g/mol. The Morgan fingerprint density at radius 2 is 1.47 bits per heavy atom. The first-order valence-electron chi connectivity index (χ1n) is 17.3. The van der Waals surface area contributed by atoms with Crippen molar-refractivity contribution in [3.8, 4) is 0 Å². The monoisotopic (exact) mass is 776 g/mol. The molecule has 1 saturated heterocycles. The molecule has 14 heteroatoms. The summed E-state index contributed by atoms with van der Waals surface area (Å²) in [6.45, 7) is 5.08. The maximum Gasteiger partial charge on any atom is 0.375 e. The molecule has 2 aromatic heterocycles.